The van der Waals surface area contributed by atoms with E-state index in [1.807, 2.05) is 0 Å². The first-order chi connectivity index (χ1) is 4.60. The molecule has 1 saturated heterocycles. The Morgan fingerprint density at radius 2 is 2.10 bits per heavy atom. The molecule has 1 aliphatic rings. The predicted octanol–water partition coefficient (Wildman–Crippen LogP) is 0.922. The minimum absolute atomic E-state index is 0.0486. The molecule has 0 aromatic carbocycles. The van der Waals surface area contributed by atoms with Gasteiger partial charge in [0.1, 0.15) is 0 Å². The van der Waals surface area contributed by atoms with Crippen LogP contribution in [0.15, 0.2) is 0 Å². The Morgan fingerprint density at radius 3 is 2.80 bits per heavy atom. The van der Waals surface area contributed by atoms with Gasteiger partial charge in [-0.3, -0.25) is 4.79 Å². The quantitative estimate of drug-likeness (QED) is 0.545. The van der Waals surface area contributed by atoms with Crippen molar-refractivity contribution in [2.75, 3.05) is 6.54 Å². The summed E-state index contributed by atoms with van der Waals surface area (Å²) in [4.78, 5) is 10.5. The second kappa shape index (κ2) is 2.52. The van der Waals surface area contributed by atoms with Crippen LogP contribution in [-0.4, -0.2) is 18.4 Å². The lowest BCUT2D eigenvalue weighted by molar-refractivity contribution is -0.121. The van der Waals surface area contributed by atoms with E-state index in [9.17, 15) is 13.6 Å². The normalized spacial score (nSPS) is 25.2. The lowest BCUT2D eigenvalue weighted by Gasteiger charge is -2.09. The van der Waals surface area contributed by atoms with E-state index >= 15 is 0 Å². The Labute approximate surface area is 57.6 Å². The number of hydrogen-bond donors (Lipinski definition) is 1. The molecule has 0 unspecified atom stereocenters. The zero-order valence-electron chi connectivity index (χ0n) is 5.49. The zero-order chi connectivity index (χ0) is 7.61. The highest BCUT2D eigenvalue weighted by Crippen LogP contribution is 2.25. The largest absolute Gasteiger partial charge is 0.356 e. The fourth-order valence-electron chi connectivity index (χ4n) is 0.895. The molecule has 1 heterocycles. The van der Waals surface area contributed by atoms with E-state index in [4.69, 9.17) is 0 Å². The average Bonchev–Trinajstić information content (AvgIpc) is 1.94. The minimum Gasteiger partial charge on any atom is -0.356 e. The highest BCUT2D eigenvalue weighted by atomic mass is 19.3. The fourth-order valence-corrected chi connectivity index (χ4v) is 0.895. The van der Waals surface area contributed by atoms with Crippen LogP contribution in [0.1, 0.15) is 19.3 Å². The molecular formula is C6H9F2NO. The molecule has 1 fully saturated rings. The van der Waals surface area contributed by atoms with Gasteiger partial charge in [-0.2, -0.15) is 0 Å². The SMILES string of the molecule is O=C1CCC(F)(F)CCN1. The number of amides is 1. The first-order valence-corrected chi connectivity index (χ1v) is 3.25. The number of carbonyl (C=O) groups excluding carboxylic acids is 1. The molecule has 4 heteroatoms. The third-order valence-electron chi connectivity index (χ3n) is 1.53. The highest BCUT2D eigenvalue weighted by Gasteiger charge is 2.31. The van der Waals surface area contributed by atoms with Crippen LogP contribution in [0.2, 0.25) is 0 Å². The monoisotopic (exact) mass is 149 g/mol. The minimum atomic E-state index is -2.64. The Balaban J connectivity index is 2.48. The summed E-state index contributed by atoms with van der Waals surface area (Å²) in [7, 11) is 0. The Morgan fingerprint density at radius 1 is 1.40 bits per heavy atom. The summed E-state index contributed by atoms with van der Waals surface area (Å²) in [5.74, 6) is -2.91. The van der Waals surface area contributed by atoms with Gasteiger partial charge in [-0.25, -0.2) is 8.78 Å². The molecule has 0 aromatic rings. The molecule has 0 aromatic heterocycles. The van der Waals surface area contributed by atoms with Gasteiger partial charge in [-0.05, 0) is 0 Å². The van der Waals surface area contributed by atoms with Crippen LogP contribution >= 0.6 is 0 Å². The summed E-state index contributed by atoms with van der Waals surface area (Å²) in [6.07, 6.45) is -0.579. The van der Waals surface area contributed by atoms with Gasteiger partial charge in [-0.1, -0.05) is 0 Å². The number of nitrogens with one attached hydrogen (secondary N) is 1. The molecule has 0 spiro atoms. The maximum Gasteiger partial charge on any atom is 0.250 e. The van der Waals surface area contributed by atoms with E-state index in [1.54, 1.807) is 0 Å². The van der Waals surface area contributed by atoms with Gasteiger partial charge >= 0.3 is 0 Å². The van der Waals surface area contributed by atoms with Crippen LogP contribution in [0.4, 0.5) is 8.78 Å². The van der Waals surface area contributed by atoms with E-state index in [2.05, 4.69) is 5.32 Å². The summed E-state index contributed by atoms with van der Waals surface area (Å²) in [5.41, 5.74) is 0. The predicted molar refractivity (Wildman–Crippen MR) is 31.8 cm³/mol. The maximum atomic E-state index is 12.4. The summed E-state index contributed by atoms with van der Waals surface area (Å²) < 4.78 is 24.9. The maximum absolute atomic E-state index is 12.4. The van der Waals surface area contributed by atoms with Crippen molar-refractivity contribution in [1.29, 1.82) is 0 Å². The Bertz CT molecular complexity index is 147. The second-order valence-corrected chi connectivity index (χ2v) is 2.46. The Kier molecular flexibility index (Phi) is 1.87. The molecule has 1 aliphatic heterocycles. The summed E-state index contributed by atoms with van der Waals surface area (Å²) in [6.45, 7) is 0.103. The topological polar surface area (TPSA) is 29.1 Å². The summed E-state index contributed by atoms with van der Waals surface area (Å²) in [5, 5.41) is 2.38. The highest BCUT2D eigenvalue weighted by molar-refractivity contribution is 5.76. The number of alkyl halides is 2. The molecule has 0 aliphatic carbocycles. The van der Waals surface area contributed by atoms with Crippen molar-refractivity contribution in [1.82, 2.24) is 5.32 Å². The van der Waals surface area contributed by atoms with Gasteiger partial charge < -0.3 is 5.32 Å². The molecule has 0 radical (unpaired) electrons. The molecule has 0 bridgehead atoms. The summed E-state index contributed by atoms with van der Waals surface area (Å²) >= 11 is 0. The van der Waals surface area contributed by atoms with Crippen LogP contribution < -0.4 is 5.32 Å². The third-order valence-corrected chi connectivity index (χ3v) is 1.53. The van der Waals surface area contributed by atoms with Crippen LogP contribution in [0, 0.1) is 0 Å². The van der Waals surface area contributed by atoms with Crippen molar-refractivity contribution in [3.05, 3.63) is 0 Å². The molecular weight excluding hydrogens is 140 g/mol. The first-order valence-electron chi connectivity index (χ1n) is 3.25. The molecule has 1 rings (SSSR count). The van der Waals surface area contributed by atoms with Crippen molar-refractivity contribution in [3.8, 4) is 0 Å². The van der Waals surface area contributed by atoms with Crippen molar-refractivity contribution in [2.24, 2.45) is 0 Å². The Hall–Kier alpha value is -0.670. The van der Waals surface area contributed by atoms with Crippen LogP contribution in [0.3, 0.4) is 0 Å². The smallest absolute Gasteiger partial charge is 0.250 e. The van der Waals surface area contributed by atoms with Gasteiger partial charge in [-0.15, -0.1) is 0 Å². The van der Waals surface area contributed by atoms with E-state index in [0.29, 0.717) is 0 Å². The van der Waals surface area contributed by atoms with Gasteiger partial charge in [0.05, 0.1) is 0 Å². The van der Waals surface area contributed by atoms with Crippen LogP contribution in [-0.2, 0) is 4.79 Å². The van der Waals surface area contributed by atoms with Crippen molar-refractivity contribution in [3.63, 3.8) is 0 Å². The van der Waals surface area contributed by atoms with Crippen molar-refractivity contribution < 1.29 is 13.6 Å². The molecule has 1 amide bonds. The van der Waals surface area contributed by atoms with Crippen molar-refractivity contribution in [2.45, 2.75) is 25.2 Å². The molecule has 0 atom stereocenters. The van der Waals surface area contributed by atoms with E-state index < -0.39 is 5.92 Å². The van der Waals surface area contributed by atoms with E-state index in [1.165, 1.54) is 0 Å². The molecule has 1 N–H and O–H groups in total. The lowest BCUT2D eigenvalue weighted by atomic mass is 10.1. The number of halogens is 2. The van der Waals surface area contributed by atoms with Gasteiger partial charge in [0, 0.05) is 25.8 Å². The van der Waals surface area contributed by atoms with Gasteiger partial charge in [0.25, 0.3) is 0 Å². The van der Waals surface area contributed by atoms with Crippen LogP contribution in [0.25, 0.3) is 0 Å². The lowest BCUT2D eigenvalue weighted by Crippen LogP contribution is -2.22. The van der Waals surface area contributed by atoms with Gasteiger partial charge in [0.2, 0.25) is 11.8 Å². The number of carbonyl (C=O) groups is 1. The second-order valence-electron chi connectivity index (χ2n) is 2.46. The standard InChI is InChI=1S/C6H9F2NO/c7-6(8)2-1-5(10)9-4-3-6/h1-4H2,(H,9,10). The molecule has 10 heavy (non-hydrogen) atoms. The molecule has 58 valence electrons. The summed E-state index contributed by atoms with van der Waals surface area (Å²) in [6, 6.07) is 0. The van der Waals surface area contributed by atoms with E-state index in [0.717, 1.165) is 0 Å². The van der Waals surface area contributed by atoms with E-state index in [-0.39, 0.29) is 31.7 Å². The first kappa shape index (κ1) is 7.44. The van der Waals surface area contributed by atoms with Gasteiger partial charge in [0.15, 0.2) is 0 Å². The fraction of sp³-hybridized carbons (Fsp3) is 0.833. The molecule has 0 saturated carbocycles. The molecule has 2 nitrogen and oxygen atoms in total. The zero-order valence-corrected chi connectivity index (χ0v) is 5.49. The van der Waals surface area contributed by atoms with Crippen molar-refractivity contribution >= 4 is 5.91 Å². The number of rotatable bonds is 0. The number of hydrogen-bond acceptors (Lipinski definition) is 1. The third kappa shape index (κ3) is 1.93. The average molecular weight is 149 g/mol. The van der Waals surface area contributed by atoms with Crippen LogP contribution in [0.5, 0.6) is 0 Å².